The van der Waals surface area contributed by atoms with Gasteiger partial charge in [0.25, 0.3) is 0 Å². The van der Waals surface area contributed by atoms with Crippen molar-refractivity contribution < 1.29 is 0 Å². The van der Waals surface area contributed by atoms with Crippen LogP contribution in [0.3, 0.4) is 0 Å². The number of rotatable bonds is 0. The minimum atomic E-state index is 1.71. The zero-order valence-corrected chi connectivity index (χ0v) is 4.58. The predicted octanol–water partition coefficient (Wildman–Crippen LogP) is -0.0673. The van der Waals surface area contributed by atoms with Gasteiger partial charge in [0.05, 0.1) is 0 Å². The number of nitrogens with two attached hydrogens (primary N) is 1. The normalized spacial score (nSPS) is 3.62. The Hall–Kier alpha value is -1.52. The summed E-state index contributed by atoms with van der Waals surface area (Å²) in [6, 6.07) is 2.14. The van der Waals surface area contributed by atoms with Gasteiger partial charge in [0.2, 0.25) is 0 Å². The molecule has 0 spiro atoms. The molecule has 1 heteroatoms. The third kappa shape index (κ3) is 4.48. The van der Waals surface area contributed by atoms with Gasteiger partial charge in [0.1, 0.15) is 0 Å². The molecule has 0 bridgehead atoms. The molecule has 8 heavy (non-hydrogen) atoms. The van der Waals surface area contributed by atoms with Gasteiger partial charge in [0.15, 0.2) is 0 Å². The van der Waals surface area contributed by atoms with E-state index in [2.05, 4.69) is 35.6 Å². The first kappa shape index (κ1) is 6.48. The molecule has 0 aliphatic rings. The van der Waals surface area contributed by atoms with Crippen LogP contribution < -0.4 is 5.73 Å². The summed E-state index contributed by atoms with van der Waals surface area (Å²) in [6.07, 6.45) is 0. The maximum absolute atomic E-state index is 4.80. The van der Waals surface area contributed by atoms with Gasteiger partial charge in [-0.15, -0.1) is 0 Å². The summed E-state index contributed by atoms with van der Waals surface area (Å²) in [5, 5.41) is 0. The Morgan fingerprint density at radius 2 is 1.62 bits per heavy atom. The van der Waals surface area contributed by atoms with Crippen LogP contribution in [-0.2, 0) is 0 Å². The molecular weight excluding hydrogens is 98.1 g/mol. The summed E-state index contributed by atoms with van der Waals surface area (Å²) in [4.78, 5) is 0. The minimum absolute atomic E-state index is 1.71. The van der Waals surface area contributed by atoms with Crippen LogP contribution in [0.25, 0.3) is 0 Å². The maximum Gasteiger partial charge on any atom is 0.0160 e. The molecule has 0 fully saturated rings. The molecule has 0 aliphatic carbocycles. The van der Waals surface area contributed by atoms with E-state index in [1.54, 1.807) is 6.92 Å². The Bertz CT molecular complexity index is 194. The van der Waals surface area contributed by atoms with Crippen LogP contribution in [0.4, 0.5) is 0 Å². The van der Waals surface area contributed by atoms with Crippen molar-refractivity contribution in [1.82, 2.24) is 0 Å². The summed E-state index contributed by atoms with van der Waals surface area (Å²) < 4.78 is 0. The summed E-state index contributed by atoms with van der Waals surface area (Å²) >= 11 is 0. The standard InChI is InChI=1S/C7H5N/c1-2-3-4-5-6-7-8/h8H2,1H3. The molecule has 0 unspecified atom stereocenters. The Morgan fingerprint density at radius 3 is 2.12 bits per heavy atom. The van der Waals surface area contributed by atoms with E-state index < -0.39 is 0 Å². The van der Waals surface area contributed by atoms with Crippen LogP contribution >= 0.6 is 0 Å². The van der Waals surface area contributed by atoms with Crippen molar-refractivity contribution in [1.29, 1.82) is 0 Å². The zero-order chi connectivity index (χ0) is 6.24. The van der Waals surface area contributed by atoms with Crippen LogP contribution in [0.15, 0.2) is 0 Å². The molecule has 38 valence electrons. The van der Waals surface area contributed by atoms with E-state index in [1.807, 2.05) is 0 Å². The minimum Gasteiger partial charge on any atom is -0.359 e. The van der Waals surface area contributed by atoms with E-state index in [0.29, 0.717) is 0 Å². The van der Waals surface area contributed by atoms with Gasteiger partial charge in [-0.05, 0) is 18.8 Å². The predicted molar refractivity (Wildman–Crippen MR) is 33.2 cm³/mol. The van der Waals surface area contributed by atoms with Crippen LogP contribution in [-0.4, -0.2) is 0 Å². The maximum atomic E-state index is 4.80. The topological polar surface area (TPSA) is 26.0 Å². The van der Waals surface area contributed by atoms with Crippen LogP contribution in [0, 0.1) is 35.6 Å². The van der Waals surface area contributed by atoms with E-state index in [0.717, 1.165) is 0 Å². The average molecular weight is 103 g/mol. The van der Waals surface area contributed by atoms with E-state index >= 15 is 0 Å². The van der Waals surface area contributed by atoms with Crippen molar-refractivity contribution in [2.75, 3.05) is 0 Å². The van der Waals surface area contributed by atoms with Gasteiger partial charge in [-0.1, -0.05) is 5.92 Å². The van der Waals surface area contributed by atoms with Crippen LogP contribution in [0.1, 0.15) is 6.92 Å². The monoisotopic (exact) mass is 103 g/mol. The lowest BCUT2D eigenvalue weighted by atomic mass is 10.5. The van der Waals surface area contributed by atoms with Crippen molar-refractivity contribution in [3.63, 3.8) is 0 Å². The van der Waals surface area contributed by atoms with Crippen molar-refractivity contribution >= 4 is 0 Å². The lowest BCUT2D eigenvalue weighted by molar-refractivity contribution is 1.75. The largest absolute Gasteiger partial charge is 0.359 e. The van der Waals surface area contributed by atoms with E-state index in [9.17, 15) is 0 Å². The second-order valence-corrected chi connectivity index (χ2v) is 0.894. The second-order valence-electron chi connectivity index (χ2n) is 0.894. The fourth-order valence-corrected chi connectivity index (χ4v) is 0.161. The van der Waals surface area contributed by atoms with Gasteiger partial charge in [0, 0.05) is 17.9 Å². The molecule has 0 aromatic rings. The van der Waals surface area contributed by atoms with Gasteiger partial charge >= 0.3 is 0 Å². The fourth-order valence-electron chi connectivity index (χ4n) is 0.161. The molecule has 0 atom stereocenters. The highest BCUT2D eigenvalue weighted by atomic mass is 14.4. The molecule has 2 N–H and O–H groups in total. The lowest BCUT2D eigenvalue weighted by Gasteiger charge is -1.52. The molecule has 0 aliphatic heterocycles. The Labute approximate surface area is 49.3 Å². The third-order valence-corrected chi connectivity index (χ3v) is 0.385. The van der Waals surface area contributed by atoms with Gasteiger partial charge < -0.3 is 5.73 Å². The summed E-state index contributed by atoms with van der Waals surface area (Å²) in [5.74, 6) is 12.4. The summed E-state index contributed by atoms with van der Waals surface area (Å²) in [7, 11) is 0. The highest BCUT2D eigenvalue weighted by Crippen LogP contribution is 1.49. The van der Waals surface area contributed by atoms with Crippen molar-refractivity contribution in [2.45, 2.75) is 6.92 Å². The molecule has 0 heterocycles. The first-order valence-electron chi connectivity index (χ1n) is 2.04. The van der Waals surface area contributed by atoms with Gasteiger partial charge in [-0.3, -0.25) is 0 Å². The molecule has 0 saturated heterocycles. The molecule has 0 aromatic carbocycles. The van der Waals surface area contributed by atoms with Crippen molar-refractivity contribution in [2.24, 2.45) is 5.73 Å². The first-order chi connectivity index (χ1) is 3.91. The van der Waals surface area contributed by atoms with Gasteiger partial charge in [-0.2, -0.15) is 0 Å². The molecule has 0 aromatic heterocycles. The van der Waals surface area contributed by atoms with Crippen LogP contribution in [0.2, 0.25) is 0 Å². The molecule has 0 saturated carbocycles. The molecule has 1 nitrogen and oxygen atoms in total. The Morgan fingerprint density at radius 1 is 1.00 bits per heavy atom. The SMILES string of the molecule is CC#CC#CC#CN. The molecule has 0 amide bonds. The van der Waals surface area contributed by atoms with Crippen LogP contribution in [0.5, 0.6) is 0 Å². The fraction of sp³-hybridized carbons (Fsp3) is 0.143. The van der Waals surface area contributed by atoms with Crippen molar-refractivity contribution in [3.05, 3.63) is 0 Å². The van der Waals surface area contributed by atoms with Gasteiger partial charge in [-0.25, -0.2) is 0 Å². The van der Waals surface area contributed by atoms with E-state index in [4.69, 9.17) is 5.73 Å². The smallest absolute Gasteiger partial charge is 0.0160 e. The van der Waals surface area contributed by atoms with Crippen molar-refractivity contribution in [3.8, 4) is 35.6 Å². The molecule has 0 rings (SSSR count). The Kier molecular flexibility index (Phi) is 4.44. The number of hydrogen-bond donors (Lipinski definition) is 1. The third-order valence-electron chi connectivity index (χ3n) is 0.385. The molecule has 0 radical (unpaired) electrons. The summed E-state index contributed by atoms with van der Waals surface area (Å²) in [5.41, 5.74) is 4.80. The van der Waals surface area contributed by atoms with E-state index in [1.165, 1.54) is 0 Å². The highest BCUT2D eigenvalue weighted by Gasteiger charge is 1.48. The Balaban J connectivity index is 3.75. The first-order valence-corrected chi connectivity index (χ1v) is 2.04. The molecular formula is C7H5N. The highest BCUT2D eigenvalue weighted by molar-refractivity contribution is 5.34. The summed E-state index contributed by atoms with van der Waals surface area (Å²) in [6.45, 7) is 1.71. The zero-order valence-electron chi connectivity index (χ0n) is 4.58. The van der Waals surface area contributed by atoms with E-state index in [-0.39, 0.29) is 0 Å². The second kappa shape index (κ2) is 5.48. The number of hydrogen-bond acceptors (Lipinski definition) is 1. The quantitative estimate of drug-likeness (QED) is 0.337. The average Bonchev–Trinajstić information content (AvgIpc) is 1.81. The lowest BCUT2D eigenvalue weighted by Crippen LogP contribution is -1.73.